The van der Waals surface area contributed by atoms with Gasteiger partial charge in [-0.05, 0) is 31.6 Å². The van der Waals surface area contributed by atoms with E-state index in [0.717, 1.165) is 24.5 Å². The Morgan fingerprint density at radius 1 is 1.25 bits per heavy atom. The Bertz CT molecular complexity index is 380. The second kappa shape index (κ2) is 7.77. The highest BCUT2D eigenvalue weighted by molar-refractivity contribution is 4.94. The van der Waals surface area contributed by atoms with Crippen molar-refractivity contribution in [3.8, 4) is 0 Å². The van der Waals surface area contributed by atoms with Gasteiger partial charge in [-0.25, -0.2) is 4.68 Å². The molecule has 0 N–H and O–H groups in total. The standard InChI is InChI=1S/C16H30N4/c1-4-6-14(3)12-19-10-8-16(9-11-19)20-13-15(7-5-2)17-18-20/h13-14,16H,4-12H2,1-3H3/t14-/m0/s1. The molecule has 114 valence electrons. The summed E-state index contributed by atoms with van der Waals surface area (Å²) in [7, 11) is 0. The van der Waals surface area contributed by atoms with Gasteiger partial charge in [-0.2, -0.15) is 0 Å². The summed E-state index contributed by atoms with van der Waals surface area (Å²) in [6.07, 6.45) is 9.44. The zero-order chi connectivity index (χ0) is 14.4. The summed E-state index contributed by atoms with van der Waals surface area (Å²) >= 11 is 0. The normalized spacial score (nSPS) is 19.4. The van der Waals surface area contributed by atoms with E-state index in [2.05, 4.69) is 46.9 Å². The van der Waals surface area contributed by atoms with Crippen LogP contribution in [-0.4, -0.2) is 39.5 Å². The lowest BCUT2D eigenvalue weighted by Crippen LogP contribution is -2.37. The van der Waals surface area contributed by atoms with Gasteiger partial charge in [0.2, 0.25) is 0 Å². The summed E-state index contributed by atoms with van der Waals surface area (Å²) in [5.41, 5.74) is 1.14. The lowest BCUT2D eigenvalue weighted by molar-refractivity contribution is 0.157. The Morgan fingerprint density at radius 3 is 2.65 bits per heavy atom. The fourth-order valence-electron chi connectivity index (χ4n) is 3.25. The minimum atomic E-state index is 0.561. The van der Waals surface area contributed by atoms with Crippen molar-refractivity contribution in [2.45, 2.75) is 65.3 Å². The maximum Gasteiger partial charge on any atom is 0.0827 e. The Morgan fingerprint density at radius 2 is 2.00 bits per heavy atom. The fourth-order valence-corrected chi connectivity index (χ4v) is 3.25. The first kappa shape index (κ1) is 15.5. The highest BCUT2D eigenvalue weighted by atomic mass is 15.4. The Labute approximate surface area is 123 Å². The van der Waals surface area contributed by atoms with Gasteiger partial charge in [0.15, 0.2) is 0 Å². The Balaban J connectivity index is 1.78. The zero-order valence-corrected chi connectivity index (χ0v) is 13.4. The number of aryl methyl sites for hydroxylation is 1. The summed E-state index contributed by atoms with van der Waals surface area (Å²) in [6.45, 7) is 10.5. The number of nitrogens with zero attached hydrogens (tertiary/aromatic N) is 4. The summed E-state index contributed by atoms with van der Waals surface area (Å²) in [6, 6.07) is 0.561. The van der Waals surface area contributed by atoms with Crippen LogP contribution in [-0.2, 0) is 6.42 Å². The van der Waals surface area contributed by atoms with Gasteiger partial charge in [-0.15, -0.1) is 5.10 Å². The molecule has 4 heteroatoms. The molecule has 20 heavy (non-hydrogen) atoms. The third-order valence-electron chi connectivity index (χ3n) is 4.35. The third kappa shape index (κ3) is 4.30. The SMILES string of the molecule is CCCc1cn(C2CCN(C[C@@H](C)CCC)CC2)nn1. The first-order valence-corrected chi connectivity index (χ1v) is 8.36. The van der Waals surface area contributed by atoms with Gasteiger partial charge in [0.05, 0.1) is 11.7 Å². The van der Waals surface area contributed by atoms with Gasteiger partial charge in [0, 0.05) is 25.8 Å². The molecule has 1 saturated heterocycles. The second-order valence-corrected chi connectivity index (χ2v) is 6.37. The van der Waals surface area contributed by atoms with E-state index in [1.165, 1.54) is 45.3 Å². The minimum absolute atomic E-state index is 0.561. The second-order valence-electron chi connectivity index (χ2n) is 6.37. The summed E-state index contributed by atoms with van der Waals surface area (Å²) in [5, 5.41) is 8.59. The molecular formula is C16H30N4. The number of hydrogen-bond acceptors (Lipinski definition) is 3. The number of piperidine rings is 1. The van der Waals surface area contributed by atoms with Gasteiger partial charge >= 0.3 is 0 Å². The van der Waals surface area contributed by atoms with E-state index in [9.17, 15) is 0 Å². The van der Waals surface area contributed by atoms with Crippen molar-refractivity contribution in [2.24, 2.45) is 5.92 Å². The molecular weight excluding hydrogens is 248 g/mol. The molecule has 1 atom stereocenters. The molecule has 1 aliphatic rings. The van der Waals surface area contributed by atoms with Crippen molar-refractivity contribution in [3.63, 3.8) is 0 Å². The molecule has 2 rings (SSSR count). The Hall–Kier alpha value is -0.900. The molecule has 1 aromatic rings. The highest BCUT2D eigenvalue weighted by Gasteiger charge is 2.22. The molecule has 1 aliphatic heterocycles. The third-order valence-corrected chi connectivity index (χ3v) is 4.35. The smallest absolute Gasteiger partial charge is 0.0827 e. The van der Waals surface area contributed by atoms with E-state index >= 15 is 0 Å². The van der Waals surface area contributed by atoms with Crippen LogP contribution in [0.5, 0.6) is 0 Å². The maximum atomic E-state index is 4.32. The van der Waals surface area contributed by atoms with Crippen molar-refractivity contribution in [1.82, 2.24) is 19.9 Å². The summed E-state index contributed by atoms with van der Waals surface area (Å²) < 4.78 is 2.11. The van der Waals surface area contributed by atoms with E-state index in [-0.39, 0.29) is 0 Å². The molecule has 1 fully saturated rings. The quantitative estimate of drug-likeness (QED) is 0.767. The molecule has 2 heterocycles. The highest BCUT2D eigenvalue weighted by Crippen LogP contribution is 2.23. The largest absolute Gasteiger partial charge is 0.303 e. The zero-order valence-electron chi connectivity index (χ0n) is 13.4. The van der Waals surface area contributed by atoms with Crippen LogP contribution in [0.3, 0.4) is 0 Å². The molecule has 0 unspecified atom stereocenters. The number of hydrogen-bond donors (Lipinski definition) is 0. The molecule has 0 bridgehead atoms. The summed E-state index contributed by atoms with van der Waals surface area (Å²) in [5.74, 6) is 0.832. The van der Waals surface area contributed by atoms with Crippen LogP contribution >= 0.6 is 0 Å². The van der Waals surface area contributed by atoms with E-state index in [0.29, 0.717) is 6.04 Å². The predicted molar refractivity (Wildman–Crippen MR) is 82.8 cm³/mol. The van der Waals surface area contributed by atoms with Crippen molar-refractivity contribution < 1.29 is 0 Å². The minimum Gasteiger partial charge on any atom is -0.303 e. The van der Waals surface area contributed by atoms with Crippen molar-refractivity contribution >= 4 is 0 Å². The van der Waals surface area contributed by atoms with Crippen LogP contribution in [0.2, 0.25) is 0 Å². The summed E-state index contributed by atoms with van der Waals surface area (Å²) in [4.78, 5) is 2.63. The van der Waals surface area contributed by atoms with Gasteiger partial charge in [-0.3, -0.25) is 0 Å². The van der Waals surface area contributed by atoms with Crippen LogP contribution in [0, 0.1) is 5.92 Å². The number of rotatable bonds is 7. The first-order chi connectivity index (χ1) is 9.72. The average molecular weight is 278 g/mol. The van der Waals surface area contributed by atoms with Crippen LogP contribution in [0.4, 0.5) is 0 Å². The molecule has 0 amide bonds. The van der Waals surface area contributed by atoms with E-state index in [1.807, 2.05) is 0 Å². The first-order valence-electron chi connectivity index (χ1n) is 8.36. The molecule has 0 aromatic carbocycles. The maximum absolute atomic E-state index is 4.32. The molecule has 4 nitrogen and oxygen atoms in total. The number of aromatic nitrogens is 3. The van der Waals surface area contributed by atoms with Gasteiger partial charge in [0.25, 0.3) is 0 Å². The molecule has 0 saturated carbocycles. The van der Waals surface area contributed by atoms with Gasteiger partial charge < -0.3 is 4.90 Å². The molecule has 0 spiro atoms. The lowest BCUT2D eigenvalue weighted by atomic mass is 10.0. The fraction of sp³-hybridized carbons (Fsp3) is 0.875. The van der Waals surface area contributed by atoms with Crippen LogP contribution in [0.15, 0.2) is 6.20 Å². The van der Waals surface area contributed by atoms with Gasteiger partial charge in [0.1, 0.15) is 0 Å². The predicted octanol–water partition coefficient (Wildman–Crippen LogP) is 3.30. The average Bonchev–Trinajstić information content (AvgIpc) is 2.89. The van der Waals surface area contributed by atoms with Crippen LogP contribution in [0.25, 0.3) is 0 Å². The van der Waals surface area contributed by atoms with Crippen LogP contribution < -0.4 is 0 Å². The monoisotopic (exact) mass is 278 g/mol. The van der Waals surface area contributed by atoms with E-state index in [4.69, 9.17) is 0 Å². The number of likely N-dealkylation sites (tertiary alicyclic amines) is 1. The topological polar surface area (TPSA) is 34.0 Å². The van der Waals surface area contributed by atoms with Crippen molar-refractivity contribution in [2.75, 3.05) is 19.6 Å². The molecule has 0 radical (unpaired) electrons. The molecule has 1 aromatic heterocycles. The van der Waals surface area contributed by atoms with Gasteiger partial charge in [-0.1, -0.05) is 38.8 Å². The van der Waals surface area contributed by atoms with Crippen molar-refractivity contribution in [1.29, 1.82) is 0 Å². The van der Waals surface area contributed by atoms with Crippen molar-refractivity contribution in [3.05, 3.63) is 11.9 Å². The van der Waals surface area contributed by atoms with Crippen LogP contribution in [0.1, 0.15) is 64.6 Å². The lowest BCUT2D eigenvalue weighted by Gasteiger charge is -2.33. The Kier molecular flexibility index (Phi) is 6.02. The molecule has 0 aliphatic carbocycles. The van der Waals surface area contributed by atoms with E-state index < -0.39 is 0 Å². The van der Waals surface area contributed by atoms with E-state index in [1.54, 1.807) is 0 Å².